The summed E-state index contributed by atoms with van der Waals surface area (Å²) >= 11 is 3.54. The first-order valence-corrected chi connectivity index (χ1v) is 9.26. The number of nitrogens with zero attached hydrogens (tertiary/aromatic N) is 2. The maximum Gasteiger partial charge on any atom is 0.0666 e. The third-order valence-corrected chi connectivity index (χ3v) is 4.73. The van der Waals surface area contributed by atoms with Crippen molar-refractivity contribution in [1.29, 1.82) is 0 Å². The van der Waals surface area contributed by atoms with E-state index in [1.165, 1.54) is 5.56 Å². The molecule has 3 aromatic carbocycles. The highest BCUT2D eigenvalue weighted by atomic mass is 79.9. The van der Waals surface area contributed by atoms with E-state index in [1.54, 1.807) is 0 Å². The molecule has 0 unspecified atom stereocenters. The molecule has 0 atom stereocenters. The van der Waals surface area contributed by atoms with Crippen LogP contribution in [0.4, 0.5) is 5.69 Å². The molecule has 128 valence electrons. The van der Waals surface area contributed by atoms with Crippen LogP contribution in [0.5, 0.6) is 0 Å². The van der Waals surface area contributed by atoms with Crippen molar-refractivity contribution in [2.45, 2.75) is 6.54 Å². The summed E-state index contributed by atoms with van der Waals surface area (Å²) in [6, 6.07) is 26.8. The highest BCUT2D eigenvalue weighted by Gasteiger charge is 2.07. The molecule has 3 nitrogen and oxygen atoms in total. The van der Waals surface area contributed by atoms with Gasteiger partial charge in [0.15, 0.2) is 0 Å². The standard InChI is InChI=1S/C22H18BrN3/c23-19-11-12-22-21(13-19)18(14-24-22)15-25-26(20-9-5-2-6-10-20)16-17-7-3-1-4-8-17/h1-15,24H,16H2. The van der Waals surface area contributed by atoms with Gasteiger partial charge in [0.2, 0.25) is 0 Å². The predicted molar refractivity (Wildman–Crippen MR) is 113 cm³/mol. The molecule has 0 spiro atoms. The number of hydrogen-bond acceptors (Lipinski definition) is 2. The number of nitrogens with one attached hydrogen (secondary N) is 1. The fourth-order valence-corrected chi connectivity index (χ4v) is 3.27. The van der Waals surface area contributed by atoms with E-state index in [1.807, 2.05) is 47.8 Å². The van der Waals surface area contributed by atoms with Gasteiger partial charge in [0, 0.05) is 27.1 Å². The average Bonchev–Trinajstić information content (AvgIpc) is 3.09. The minimum absolute atomic E-state index is 0.716. The van der Waals surface area contributed by atoms with Crippen molar-refractivity contribution >= 4 is 38.7 Å². The molecule has 0 amide bonds. The zero-order chi connectivity index (χ0) is 17.8. The molecule has 0 saturated heterocycles. The van der Waals surface area contributed by atoms with Crippen molar-refractivity contribution in [3.05, 3.63) is 101 Å². The molecule has 0 aliphatic rings. The average molecular weight is 404 g/mol. The van der Waals surface area contributed by atoms with Gasteiger partial charge in [0.1, 0.15) is 0 Å². The largest absolute Gasteiger partial charge is 0.361 e. The van der Waals surface area contributed by atoms with Gasteiger partial charge in [-0.3, -0.25) is 5.01 Å². The monoisotopic (exact) mass is 403 g/mol. The Morgan fingerprint density at radius 3 is 2.42 bits per heavy atom. The van der Waals surface area contributed by atoms with Crippen molar-refractivity contribution < 1.29 is 0 Å². The predicted octanol–water partition coefficient (Wildman–Crippen LogP) is 5.97. The Bertz CT molecular complexity index is 1020. The number of para-hydroxylation sites is 1. The molecule has 26 heavy (non-hydrogen) atoms. The number of aromatic nitrogens is 1. The SMILES string of the molecule is Brc1ccc2[nH]cc(C=NN(Cc3ccccc3)c3ccccc3)c2c1. The lowest BCUT2D eigenvalue weighted by Gasteiger charge is -2.19. The third kappa shape index (κ3) is 3.70. The van der Waals surface area contributed by atoms with E-state index in [0.29, 0.717) is 6.54 Å². The van der Waals surface area contributed by atoms with Crippen LogP contribution in [0.15, 0.2) is 94.6 Å². The Morgan fingerprint density at radius 2 is 1.65 bits per heavy atom. The highest BCUT2D eigenvalue weighted by Crippen LogP contribution is 2.22. The van der Waals surface area contributed by atoms with Gasteiger partial charge in [-0.15, -0.1) is 0 Å². The van der Waals surface area contributed by atoms with Crippen LogP contribution in [0.2, 0.25) is 0 Å². The smallest absolute Gasteiger partial charge is 0.0666 e. The van der Waals surface area contributed by atoms with Gasteiger partial charge in [0.05, 0.1) is 18.4 Å². The zero-order valence-corrected chi connectivity index (χ0v) is 15.7. The summed E-state index contributed by atoms with van der Waals surface area (Å²) in [7, 11) is 0. The van der Waals surface area contributed by atoms with E-state index >= 15 is 0 Å². The molecule has 0 radical (unpaired) electrons. The number of rotatable bonds is 5. The number of hydrogen-bond donors (Lipinski definition) is 1. The molecule has 0 aliphatic carbocycles. The van der Waals surface area contributed by atoms with E-state index in [0.717, 1.165) is 26.6 Å². The lowest BCUT2D eigenvalue weighted by molar-refractivity contribution is 0.859. The first-order chi connectivity index (χ1) is 12.8. The second-order valence-electron chi connectivity index (χ2n) is 6.06. The summed E-state index contributed by atoms with van der Waals surface area (Å²) < 4.78 is 1.06. The molecule has 0 aliphatic heterocycles. The fourth-order valence-electron chi connectivity index (χ4n) is 2.91. The Hall–Kier alpha value is -2.85. The van der Waals surface area contributed by atoms with Crippen molar-refractivity contribution in [2.24, 2.45) is 5.10 Å². The zero-order valence-electron chi connectivity index (χ0n) is 14.1. The van der Waals surface area contributed by atoms with E-state index in [-0.39, 0.29) is 0 Å². The van der Waals surface area contributed by atoms with Crippen LogP contribution in [0.3, 0.4) is 0 Å². The summed E-state index contributed by atoms with van der Waals surface area (Å²) in [5.74, 6) is 0. The van der Waals surface area contributed by atoms with E-state index in [2.05, 4.69) is 69.4 Å². The lowest BCUT2D eigenvalue weighted by Crippen LogP contribution is -2.15. The van der Waals surface area contributed by atoms with Crippen LogP contribution >= 0.6 is 15.9 Å². The molecule has 4 aromatic rings. The number of benzene rings is 3. The van der Waals surface area contributed by atoms with Gasteiger partial charge in [-0.1, -0.05) is 64.5 Å². The molecule has 4 heteroatoms. The Kier molecular flexibility index (Phi) is 4.84. The van der Waals surface area contributed by atoms with E-state index in [4.69, 9.17) is 5.10 Å². The van der Waals surface area contributed by atoms with Crippen LogP contribution in [0, 0.1) is 0 Å². The molecule has 1 heterocycles. The van der Waals surface area contributed by atoms with Gasteiger partial charge < -0.3 is 4.98 Å². The first kappa shape index (κ1) is 16.6. The van der Waals surface area contributed by atoms with E-state index < -0.39 is 0 Å². The first-order valence-electron chi connectivity index (χ1n) is 8.47. The van der Waals surface area contributed by atoms with Gasteiger partial charge in [-0.05, 0) is 35.9 Å². The van der Waals surface area contributed by atoms with Gasteiger partial charge in [-0.2, -0.15) is 5.10 Å². The Labute approximate surface area is 161 Å². The minimum atomic E-state index is 0.716. The van der Waals surface area contributed by atoms with Crippen LogP contribution in [-0.4, -0.2) is 11.2 Å². The fraction of sp³-hybridized carbons (Fsp3) is 0.0455. The van der Waals surface area contributed by atoms with Crippen molar-refractivity contribution in [1.82, 2.24) is 4.98 Å². The Morgan fingerprint density at radius 1 is 0.923 bits per heavy atom. The second-order valence-corrected chi connectivity index (χ2v) is 6.97. The summed E-state index contributed by atoms with van der Waals surface area (Å²) in [4.78, 5) is 3.30. The number of halogens is 1. The molecule has 1 aromatic heterocycles. The summed E-state index contributed by atoms with van der Waals surface area (Å²) in [5.41, 5.74) is 4.45. The second kappa shape index (κ2) is 7.58. The van der Waals surface area contributed by atoms with Crippen LogP contribution < -0.4 is 5.01 Å². The number of fused-ring (bicyclic) bond motifs is 1. The maximum absolute atomic E-state index is 4.78. The lowest BCUT2D eigenvalue weighted by atomic mass is 10.2. The minimum Gasteiger partial charge on any atom is -0.361 e. The maximum atomic E-state index is 4.78. The number of H-pyrrole nitrogens is 1. The topological polar surface area (TPSA) is 31.4 Å². The number of hydrazone groups is 1. The van der Waals surface area contributed by atoms with Crippen LogP contribution in [-0.2, 0) is 6.54 Å². The molecule has 4 rings (SSSR count). The molecule has 1 N–H and O–H groups in total. The molecular weight excluding hydrogens is 386 g/mol. The summed E-state index contributed by atoms with van der Waals surface area (Å²) in [5, 5.41) is 7.95. The van der Waals surface area contributed by atoms with Crippen LogP contribution in [0.25, 0.3) is 10.9 Å². The van der Waals surface area contributed by atoms with Crippen molar-refractivity contribution in [3.8, 4) is 0 Å². The molecule has 0 bridgehead atoms. The van der Waals surface area contributed by atoms with E-state index in [9.17, 15) is 0 Å². The molecular formula is C22H18BrN3. The van der Waals surface area contributed by atoms with Crippen LogP contribution in [0.1, 0.15) is 11.1 Å². The number of aromatic amines is 1. The van der Waals surface area contributed by atoms with Gasteiger partial charge >= 0.3 is 0 Å². The van der Waals surface area contributed by atoms with Crippen molar-refractivity contribution in [3.63, 3.8) is 0 Å². The Balaban J connectivity index is 1.67. The third-order valence-electron chi connectivity index (χ3n) is 4.24. The number of anilines is 1. The van der Waals surface area contributed by atoms with Gasteiger partial charge in [-0.25, -0.2) is 0 Å². The normalized spacial score (nSPS) is 11.3. The van der Waals surface area contributed by atoms with Crippen molar-refractivity contribution in [2.75, 3.05) is 5.01 Å². The quantitative estimate of drug-likeness (QED) is 0.322. The molecule has 0 saturated carbocycles. The summed E-state index contributed by atoms with van der Waals surface area (Å²) in [6.07, 6.45) is 3.91. The molecule has 0 fully saturated rings. The summed E-state index contributed by atoms with van der Waals surface area (Å²) in [6.45, 7) is 0.716. The highest BCUT2D eigenvalue weighted by molar-refractivity contribution is 9.10. The van der Waals surface area contributed by atoms with Gasteiger partial charge in [0.25, 0.3) is 0 Å².